The standard InChI is InChI=1S/C13H27N3O3S/c1-4-16-9-11(2)13(10-16)14-20(17,18)15(3)12-5-7-19-8-6-12/h11-14H,4-10H2,1-3H3/t11-,13-/m0/s1. The molecule has 0 aromatic heterocycles. The molecule has 20 heavy (non-hydrogen) atoms. The maximum atomic E-state index is 12.5. The van der Waals surface area contributed by atoms with E-state index in [1.165, 1.54) is 4.31 Å². The fourth-order valence-electron chi connectivity index (χ4n) is 3.00. The molecule has 2 fully saturated rings. The summed E-state index contributed by atoms with van der Waals surface area (Å²) in [6.07, 6.45) is 1.55. The molecule has 0 aromatic rings. The normalized spacial score (nSPS) is 30.2. The molecular weight excluding hydrogens is 278 g/mol. The largest absolute Gasteiger partial charge is 0.381 e. The molecule has 0 radical (unpaired) electrons. The minimum Gasteiger partial charge on any atom is -0.381 e. The second-order valence-corrected chi connectivity index (χ2v) is 7.68. The van der Waals surface area contributed by atoms with Crippen molar-refractivity contribution in [2.45, 2.75) is 38.8 Å². The highest BCUT2D eigenvalue weighted by atomic mass is 32.2. The lowest BCUT2D eigenvalue weighted by molar-refractivity contribution is 0.0628. The lowest BCUT2D eigenvalue weighted by atomic mass is 10.1. The van der Waals surface area contributed by atoms with Crippen LogP contribution in [0, 0.1) is 5.92 Å². The van der Waals surface area contributed by atoms with Gasteiger partial charge in [-0.3, -0.25) is 0 Å². The monoisotopic (exact) mass is 305 g/mol. The Balaban J connectivity index is 1.96. The predicted octanol–water partition coefficient (Wildman–Crippen LogP) is 0.272. The van der Waals surface area contributed by atoms with Crippen LogP contribution < -0.4 is 4.72 Å². The minimum atomic E-state index is -3.41. The third-order valence-electron chi connectivity index (χ3n) is 4.52. The third kappa shape index (κ3) is 3.71. The van der Waals surface area contributed by atoms with Crippen molar-refractivity contribution in [3.8, 4) is 0 Å². The molecule has 118 valence electrons. The van der Waals surface area contributed by atoms with Gasteiger partial charge >= 0.3 is 0 Å². The number of nitrogens with one attached hydrogen (secondary N) is 1. The van der Waals surface area contributed by atoms with Crippen LogP contribution in [0.15, 0.2) is 0 Å². The summed E-state index contributed by atoms with van der Waals surface area (Å²) in [5.74, 6) is 0.354. The van der Waals surface area contributed by atoms with Crippen molar-refractivity contribution in [1.82, 2.24) is 13.9 Å². The fraction of sp³-hybridized carbons (Fsp3) is 1.00. The summed E-state index contributed by atoms with van der Waals surface area (Å²) < 4.78 is 34.6. The van der Waals surface area contributed by atoms with Crippen LogP contribution in [0.4, 0.5) is 0 Å². The van der Waals surface area contributed by atoms with Gasteiger partial charge in [-0.05, 0) is 25.3 Å². The van der Waals surface area contributed by atoms with E-state index in [0.717, 1.165) is 32.5 Å². The van der Waals surface area contributed by atoms with Crippen molar-refractivity contribution in [2.24, 2.45) is 5.92 Å². The molecule has 0 amide bonds. The van der Waals surface area contributed by atoms with Crippen LogP contribution >= 0.6 is 0 Å². The van der Waals surface area contributed by atoms with Crippen molar-refractivity contribution < 1.29 is 13.2 Å². The molecule has 6 nitrogen and oxygen atoms in total. The smallest absolute Gasteiger partial charge is 0.279 e. The van der Waals surface area contributed by atoms with Crippen molar-refractivity contribution in [3.05, 3.63) is 0 Å². The Morgan fingerprint density at radius 1 is 1.30 bits per heavy atom. The Morgan fingerprint density at radius 3 is 2.50 bits per heavy atom. The predicted molar refractivity (Wildman–Crippen MR) is 78.7 cm³/mol. The van der Waals surface area contributed by atoms with E-state index in [-0.39, 0.29) is 12.1 Å². The first-order chi connectivity index (χ1) is 9.44. The number of likely N-dealkylation sites (tertiary alicyclic amines) is 1. The van der Waals surface area contributed by atoms with E-state index in [1.54, 1.807) is 7.05 Å². The zero-order valence-electron chi connectivity index (χ0n) is 12.7. The molecule has 1 N–H and O–H groups in total. The third-order valence-corrected chi connectivity index (χ3v) is 6.18. The SMILES string of the molecule is CCN1C[C@H](NS(=O)(=O)N(C)C2CCOCC2)[C@@H](C)C1. The van der Waals surface area contributed by atoms with Gasteiger partial charge in [0.1, 0.15) is 0 Å². The summed E-state index contributed by atoms with van der Waals surface area (Å²) >= 11 is 0. The molecule has 2 rings (SSSR count). The molecular formula is C13H27N3O3S. The van der Waals surface area contributed by atoms with Crippen molar-refractivity contribution in [3.63, 3.8) is 0 Å². The van der Waals surface area contributed by atoms with Gasteiger partial charge in [0.2, 0.25) is 0 Å². The van der Waals surface area contributed by atoms with E-state index in [2.05, 4.69) is 23.5 Å². The number of hydrogen-bond donors (Lipinski definition) is 1. The quantitative estimate of drug-likeness (QED) is 0.792. The summed E-state index contributed by atoms with van der Waals surface area (Å²) in [6, 6.07) is 0.0717. The van der Waals surface area contributed by atoms with Crippen LogP contribution in [0.2, 0.25) is 0 Å². The van der Waals surface area contributed by atoms with Crippen LogP contribution in [0.25, 0.3) is 0 Å². The molecule has 2 atom stereocenters. The van der Waals surface area contributed by atoms with Gasteiger partial charge in [-0.15, -0.1) is 0 Å². The summed E-state index contributed by atoms with van der Waals surface area (Å²) in [6.45, 7) is 8.25. The maximum absolute atomic E-state index is 12.5. The molecule has 2 saturated heterocycles. The second kappa shape index (κ2) is 6.70. The first kappa shape index (κ1) is 16.2. The van der Waals surface area contributed by atoms with Crippen LogP contribution in [0.3, 0.4) is 0 Å². The fourth-order valence-corrected chi connectivity index (χ4v) is 4.46. The number of likely N-dealkylation sites (N-methyl/N-ethyl adjacent to an activating group) is 1. The summed E-state index contributed by atoms with van der Waals surface area (Å²) in [7, 11) is -1.73. The van der Waals surface area contributed by atoms with Crippen LogP contribution in [-0.4, -0.2) is 69.6 Å². The zero-order valence-corrected chi connectivity index (χ0v) is 13.5. The van der Waals surface area contributed by atoms with Crippen LogP contribution in [0.1, 0.15) is 26.7 Å². The Bertz CT molecular complexity index is 409. The van der Waals surface area contributed by atoms with E-state index in [4.69, 9.17) is 4.74 Å². The molecule has 2 heterocycles. The first-order valence-electron chi connectivity index (χ1n) is 7.49. The average molecular weight is 305 g/mol. The minimum absolute atomic E-state index is 0.0160. The molecule has 2 aliphatic rings. The molecule has 7 heteroatoms. The summed E-state index contributed by atoms with van der Waals surface area (Å²) in [5.41, 5.74) is 0. The lowest BCUT2D eigenvalue weighted by Gasteiger charge is -2.31. The molecule has 0 bridgehead atoms. The van der Waals surface area contributed by atoms with Crippen molar-refractivity contribution in [2.75, 3.05) is 39.9 Å². The first-order valence-corrected chi connectivity index (χ1v) is 8.93. The number of rotatable bonds is 5. The molecule has 0 saturated carbocycles. The molecule has 2 aliphatic heterocycles. The highest BCUT2D eigenvalue weighted by Gasteiger charge is 2.35. The van der Waals surface area contributed by atoms with Gasteiger partial charge < -0.3 is 9.64 Å². The van der Waals surface area contributed by atoms with E-state index in [9.17, 15) is 8.42 Å². The van der Waals surface area contributed by atoms with Gasteiger partial charge in [0.15, 0.2) is 0 Å². The topological polar surface area (TPSA) is 61.9 Å². The molecule has 0 spiro atoms. The maximum Gasteiger partial charge on any atom is 0.279 e. The highest BCUT2D eigenvalue weighted by Crippen LogP contribution is 2.20. The Kier molecular flexibility index (Phi) is 5.42. The Morgan fingerprint density at radius 2 is 1.95 bits per heavy atom. The van der Waals surface area contributed by atoms with Crippen LogP contribution in [-0.2, 0) is 14.9 Å². The summed E-state index contributed by atoms with van der Waals surface area (Å²) in [4.78, 5) is 2.28. The van der Waals surface area contributed by atoms with E-state index < -0.39 is 10.2 Å². The number of ether oxygens (including phenoxy) is 1. The Labute approximate surface area is 122 Å². The van der Waals surface area contributed by atoms with E-state index in [1.807, 2.05) is 0 Å². The highest BCUT2D eigenvalue weighted by molar-refractivity contribution is 7.87. The Hall–Kier alpha value is -0.210. The number of nitrogens with zero attached hydrogens (tertiary/aromatic N) is 2. The van der Waals surface area contributed by atoms with Gasteiger partial charge in [0, 0.05) is 45.4 Å². The molecule has 0 aromatic carbocycles. The van der Waals surface area contributed by atoms with Crippen molar-refractivity contribution in [1.29, 1.82) is 0 Å². The summed E-state index contributed by atoms with van der Waals surface area (Å²) in [5, 5.41) is 0. The van der Waals surface area contributed by atoms with E-state index in [0.29, 0.717) is 19.1 Å². The molecule has 0 unspecified atom stereocenters. The van der Waals surface area contributed by atoms with E-state index >= 15 is 0 Å². The van der Waals surface area contributed by atoms with Gasteiger partial charge in [0.05, 0.1) is 0 Å². The van der Waals surface area contributed by atoms with Gasteiger partial charge in [-0.1, -0.05) is 13.8 Å². The average Bonchev–Trinajstić information content (AvgIpc) is 2.79. The van der Waals surface area contributed by atoms with Gasteiger partial charge in [-0.25, -0.2) is 0 Å². The number of hydrogen-bond acceptors (Lipinski definition) is 4. The zero-order chi connectivity index (χ0) is 14.8. The lowest BCUT2D eigenvalue weighted by Crippen LogP contribution is -2.50. The van der Waals surface area contributed by atoms with Crippen molar-refractivity contribution >= 4 is 10.2 Å². The van der Waals surface area contributed by atoms with Crippen LogP contribution in [0.5, 0.6) is 0 Å². The van der Waals surface area contributed by atoms with Gasteiger partial charge in [-0.2, -0.15) is 17.4 Å². The second-order valence-electron chi connectivity index (χ2n) is 5.92. The molecule has 0 aliphatic carbocycles. The van der Waals surface area contributed by atoms with Gasteiger partial charge in [0.25, 0.3) is 10.2 Å².